The smallest absolute Gasteiger partial charge is 0.259 e. The van der Waals surface area contributed by atoms with Crippen molar-refractivity contribution in [3.05, 3.63) is 88.3 Å². The fourth-order valence-electron chi connectivity index (χ4n) is 3.42. The Labute approximate surface area is 169 Å². The molecule has 0 fully saturated rings. The van der Waals surface area contributed by atoms with Gasteiger partial charge in [0.15, 0.2) is 0 Å². The number of para-hydroxylation sites is 1. The lowest BCUT2D eigenvalue weighted by Crippen LogP contribution is -2.14. The molecule has 1 amide bonds. The lowest BCUT2D eigenvalue weighted by atomic mass is 9.95. The van der Waals surface area contributed by atoms with Gasteiger partial charge in [-0.15, -0.1) is 11.3 Å². The van der Waals surface area contributed by atoms with Gasteiger partial charge < -0.3 is 5.32 Å². The molecule has 0 radical (unpaired) electrons. The number of nitrogens with one attached hydrogen (secondary N) is 1. The normalized spacial score (nSPS) is 13.7. The Morgan fingerprint density at radius 1 is 0.964 bits per heavy atom. The Kier molecular flexibility index (Phi) is 5.78. The summed E-state index contributed by atoms with van der Waals surface area (Å²) in [5, 5.41) is 3.83. The standard InChI is InChI=1S/C24H22N2OS/c27-23(26-19-13-5-2-6-14-19)22-20-15-7-8-16-21(20)28-24(22)25-17-9-12-18-10-3-1-4-11-18/h1-6,9-14,17H,7-8,15-16H2,(H,26,27)/b12-9+,25-17?. The average Bonchev–Trinajstić information content (AvgIpc) is 3.11. The molecule has 1 aliphatic carbocycles. The number of thiophene rings is 1. The largest absolute Gasteiger partial charge is 0.322 e. The number of carbonyl (C=O) groups excluding carboxylic acids is 1. The SMILES string of the molecule is O=C(Nc1ccccc1)c1c(N=C/C=C/c2ccccc2)sc2c1CCCC2. The van der Waals surface area contributed by atoms with E-state index in [1.807, 2.05) is 72.8 Å². The molecule has 4 heteroatoms. The van der Waals surface area contributed by atoms with Gasteiger partial charge in [-0.2, -0.15) is 0 Å². The van der Waals surface area contributed by atoms with Crippen LogP contribution in [-0.2, 0) is 12.8 Å². The van der Waals surface area contributed by atoms with Crippen LogP contribution >= 0.6 is 11.3 Å². The van der Waals surface area contributed by atoms with E-state index in [0.29, 0.717) is 0 Å². The molecule has 0 spiro atoms. The van der Waals surface area contributed by atoms with E-state index in [0.717, 1.165) is 41.1 Å². The molecule has 0 aliphatic heterocycles. The number of allylic oxidation sites excluding steroid dienone is 1. The minimum atomic E-state index is -0.0650. The summed E-state index contributed by atoms with van der Waals surface area (Å²) >= 11 is 1.65. The molecule has 4 rings (SSSR count). The second-order valence-corrected chi connectivity index (χ2v) is 7.84. The van der Waals surface area contributed by atoms with Gasteiger partial charge in [0.05, 0.1) is 5.56 Å². The van der Waals surface area contributed by atoms with Gasteiger partial charge in [-0.1, -0.05) is 54.6 Å². The molecule has 0 saturated heterocycles. The third kappa shape index (κ3) is 4.29. The highest BCUT2D eigenvalue weighted by Crippen LogP contribution is 2.40. The van der Waals surface area contributed by atoms with E-state index >= 15 is 0 Å². The molecule has 1 aromatic heterocycles. The van der Waals surface area contributed by atoms with Crippen molar-refractivity contribution >= 4 is 40.2 Å². The van der Waals surface area contributed by atoms with Crippen LogP contribution in [0.1, 0.15) is 39.2 Å². The van der Waals surface area contributed by atoms with Crippen molar-refractivity contribution in [2.24, 2.45) is 4.99 Å². The van der Waals surface area contributed by atoms with Crippen molar-refractivity contribution < 1.29 is 4.79 Å². The maximum absolute atomic E-state index is 13.0. The predicted molar refractivity (Wildman–Crippen MR) is 119 cm³/mol. The fraction of sp³-hybridized carbons (Fsp3) is 0.167. The Balaban J connectivity index is 1.59. The van der Waals surface area contributed by atoms with Gasteiger partial charge in [-0.05, 0) is 55.0 Å². The minimum Gasteiger partial charge on any atom is -0.322 e. The van der Waals surface area contributed by atoms with Crippen molar-refractivity contribution in [2.45, 2.75) is 25.7 Å². The third-order valence-electron chi connectivity index (χ3n) is 4.78. The molecule has 0 saturated carbocycles. The van der Waals surface area contributed by atoms with E-state index in [9.17, 15) is 4.79 Å². The van der Waals surface area contributed by atoms with E-state index < -0.39 is 0 Å². The second-order valence-electron chi connectivity index (χ2n) is 6.76. The van der Waals surface area contributed by atoms with Crippen LogP contribution in [0.25, 0.3) is 6.08 Å². The van der Waals surface area contributed by atoms with Crippen LogP contribution in [0.3, 0.4) is 0 Å². The molecule has 3 aromatic rings. The zero-order valence-corrected chi connectivity index (χ0v) is 16.4. The zero-order chi connectivity index (χ0) is 19.2. The Morgan fingerprint density at radius 3 is 2.46 bits per heavy atom. The highest BCUT2D eigenvalue weighted by atomic mass is 32.1. The summed E-state index contributed by atoms with van der Waals surface area (Å²) in [5.74, 6) is -0.0650. The fourth-order valence-corrected chi connectivity index (χ4v) is 4.66. The Morgan fingerprint density at radius 2 is 1.68 bits per heavy atom. The summed E-state index contributed by atoms with van der Waals surface area (Å²) in [5.41, 5.74) is 3.86. The number of benzene rings is 2. The first-order chi connectivity index (χ1) is 13.8. The molecular formula is C24H22N2OS. The van der Waals surface area contributed by atoms with Crippen molar-refractivity contribution in [1.29, 1.82) is 0 Å². The molecule has 28 heavy (non-hydrogen) atoms. The molecule has 140 valence electrons. The molecule has 1 N–H and O–H groups in total. The van der Waals surface area contributed by atoms with Crippen molar-refractivity contribution in [2.75, 3.05) is 5.32 Å². The van der Waals surface area contributed by atoms with Gasteiger partial charge in [-0.25, -0.2) is 4.99 Å². The van der Waals surface area contributed by atoms with E-state index in [1.54, 1.807) is 17.6 Å². The van der Waals surface area contributed by atoms with Crippen LogP contribution in [0.15, 0.2) is 71.7 Å². The van der Waals surface area contributed by atoms with Gasteiger partial charge in [0, 0.05) is 16.8 Å². The summed E-state index contributed by atoms with van der Waals surface area (Å²) in [4.78, 5) is 19.0. The van der Waals surface area contributed by atoms with E-state index in [-0.39, 0.29) is 5.91 Å². The lowest BCUT2D eigenvalue weighted by molar-refractivity contribution is 0.102. The van der Waals surface area contributed by atoms with Gasteiger partial charge in [0.2, 0.25) is 0 Å². The molecule has 0 atom stereocenters. The summed E-state index contributed by atoms with van der Waals surface area (Å²) in [7, 11) is 0. The maximum Gasteiger partial charge on any atom is 0.259 e. The summed E-state index contributed by atoms with van der Waals surface area (Å²) < 4.78 is 0. The van der Waals surface area contributed by atoms with Crippen molar-refractivity contribution in [1.82, 2.24) is 0 Å². The van der Waals surface area contributed by atoms with E-state index in [4.69, 9.17) is 0 Å². The van der Waals surface area contributed by atoms with E-state index in [2.05, 4.69) is 10.3 Å². The lowest BCUT2D eigenvalue weighted by Gasteiger charge is -2.12. The highest BCUT2D eigenvalue weighted by Gasteiger charge is 2.25. The van der Waals surface area contributed by atoms with Gasteiger partial charge in [0.25, 0.3) is 5.91 Å². The number of hydrogen-bond donors (Lipinski definition) is 1. The Bertz CT molecular complexity index is 1000. The Hall–Kier alpha value is -2.98. The third-order valence-corrected chi connectivity index (χ3v) is 5.98. The zero-order valence-electron chi connectivity index (χ0n) is 15.6. The van der Waals surface area contributed by atoms with Gasteiger partial charge in [-0.3, -0.25) is 4.79 Å². The predicted octanol–water partition coefficient (Wildman–Crippen LogP) is 6.29. The van der Waals surface area contributed by atoms with Crippen molar-refractivity contribution in [3.8, 4) is 0 Å². The van der Waals surface area contributed by atoms with Crippen LogP contribution < -0.4 is 5.32 Å². The molecule has 2 aromatic carbocycles. The monoisotopic (exact) mass is 386 g/mol. The number of rotatable bonds is 5. The number of aliphatic imine (C=N–C) groups is 1. The first-order valence-corrected chi connectivity index (χ1v) is 10.4. The van der Waals surface area contributed by atoms with Gasteiger partial charge >= 0.3 is 0 Å². The maximum atomic E-state index is 13.0. The minimum absolute atomic E-state index is 0.0650. The van der Waals surface area contributed by atoms with Crippen LogP contribution in [0.4, 0.5) is 10.7 Å². The topological polar surface area (TPSA) is 41.5 Å². The van der Waals surface area contributed by atoms with Crippen LogP contribution in [0, 0.1) is 0 Å². The van der Waals surface area contributed by atoms with Crippen LogP contribution in [0.2, 0.25) is 0 Å². The summed E-state index contributed by atoms with van der Waals surface area (Å²) in [6.45, 7) is 0. The van der Waals surface area contributed by atoms with Crippen LogP contribution in [0.5, 0.6) is 0 Å². The first kappa shape index (κ1) is 18.4. The summed E-state index contributed by atoms with van der Waals surface area (Å²) in [6.07, 6.45) is 10.0. The number of hydrogen-bond acceptors (Lipinski definition) is 3. The van der Waals surface area contributed by atoms with Crippen molar-refractivity contribution in [3.63, 3.8) is 0 Å². The molecule has 1 aliphatic rings. The van der Waals surface area contributed by atoms with Gasteiger partial charge in [0.1, 0.15) is 5.00 Å². The quantitative estimate of drug-likeness (QED) is 0.514. The second kappa shape index (κ2) is 8.81. The molecule has 0 unspecified atom stereocenters. The highest BCUT2D eigenvalue weighted by molar-refractivity contribution is 7.16. The molecule has 0 bridgehead atoms. The number of amides is 1. The number of aryl methyl sites for hydroxylation is 1. The van der Waals surface area contributed by atoms with Crippen LogP contribution in [-0.4, -0.2) is 12.1 Å². The molecule has 3 nitrogen and oxygen atoms in total. The average molecular weight is 387 g/mol. The summed E-state index contributed by atoms with van der Waals surface area (Å²) in [6, 6.07) is 19.7. The molecule has 1 heterocycles. The number of nitrogens with zero attached hydrogens (tertiary/aromatic N) is 1. The molecular weight excluding hydrogens is 364 g/mol. The first-order valence-electron chi connectivity index (χ1n) is 9.58. The number of carbonyl (C=O) groups is 1. The number of fused-ring (bicyclic) bond motifs is 1. The number of anilines is 1. The van der Waals surface area contributed by atoms with E-state index in [1.165, 1.54) is 16.9 Å².